The number of hydrogen-bond acceptors (Lipinski definition) is 0. The molecule has 1 radical (unpaired) electrons. The van der Waals surface area contributed by atoms with Crippen LogP contribution in [0.2, 0.25) is 13.1 Å². The molecule has 0 nitrogen and oxygen atoms in total. The van der Waals surface area contributed by atoms with Crippen molar-refractivity contribution >= 4 is 31.9 Å². The minimum absolute atomic E-state index is 0.241. The molecular weight excluding hydrogens is 334 g/mol. The molecule has 1 atom stereocenters. The standard InChI is InChI=1S/C12H15Si.2ClH.Zr/c1-9-8-10-6-4-5-7-11(10)12(9)13(2)3;;;/h4-8,12H,1-3H3;2*1H;/q;;;+2/p-2. The summed E-state index contributed by atoms with van der Waals surface area (Å²) in [7, 11) is 9.63. The number of halogens is 2. The first kappa shape index (κ1) is 14.7. The van der Waals surface area contributed by atoms with Gasteiger partial charge >= 0.3 is 37.9 Å². The summed E-state index contributed by atoms with van der Waals surface area (Å²) in [6, 6.07) is 8.79. The quantitative estimate of drug-likeness (QED) is 0.635. The van der Waals surface area contributed by atoms with Gasteiger partial charge in [0.2, 0.25) is 0 Å². The van der Waals surface area contributed by atoms with E-state index in [9.17, 15) is 0 Å². The molecule has 4 heteroatoms. The third-order valence-electron chi connectivity index (χ3n) is 2.72. The van der Waals surface area contributed by atoms with Crippen LogP contribution < -0.4 is 0 Å². The second-order valence-electron chi connectivity index (χ2n) is 4.10. The third kappa shape index (κ3) is 3.57. The summed E-state index contributed by atoms with van der Waals surface area (Å²) < 4.78 is 0. The number of hydrogen-bond donors (Lipinski definition) is 0. The monoisotopic (exact) mass is 347 g/mol. The Kier molecular flexibility index (Phi) is 6.58. The molecule has 1 aliphatic rings. The van der Waals surface area contributed by atoms with Crippen LogP contribution in [0.25, 0.3) is 6.08 Å². The van der Waals surface area contributed by atoms with E-state index in [2.05, 4.69) is 50.4 Å². The van der Waals surface area contributed by atoms with Crippen molar-refractivity contribution < 1.29 is 20.8 Å². The van der Waals surface area contributed by atoms with Crippen LogP contribution in [0, 0.1) is 0 Å². The van der Waals surface area contributed by atoms with Gasteiger partial charge in [0, 0.05) is 0 Å². The van der Waals surface area contributed by atoms with Crippen molar-refractivity contribution in [2.45, 2.75) is 25.6 Å². The van der Waals surface area contributed by atoms with E-state index in [1.165, 1.54) is 5.56 Å². The molecular formula is C12H15Cl2SiZr. The summed E-state index contributed by atoms with van der Waals surface area (Å²) in [4.78, 5) is 0. The van der Waals surface area contributed by atoms with Crippen LogP contribution in [-0.2, 0) is 20.8 Å². The van der Waals surface area contributed by atoms with Crippen LogP contribution in [0.4, 0.5) is 0 Å². The Morgan fingerprint density at radius 3 is 2.31 bits per heavy atom. The van der Waals surface area contributed by atoms with E-state index >= 15 is 0 Å². The molecule has 0 N–H and O–H groups in total. The zero-order valence-electron chi connectivity index (χ0n) is 9.72. The van der Waals surface area contributed by atoms with E-state index in [0.29, 0.717) is 0 Å². The molecule has 0 amide bonds. The Morgan fingerprint density at radius 2 is 1.75 bits per heavy atom. The average molecular weight is 349 g/mol. The molecule has 0 aromatic heterocycles. The summed E-state index contributed by atoms with van der Waals surface area (Å²) in [6.45, 7) is 7.06. The van der Waals surface area contributed by atoms with Gasteiger partial charge < -0.3 is 0 Å². The second-order valence-corrected chi connectivity index (χ2v) is 10.6. The van der Waals surface area contributed by atoms with Crippen molar-refractivity contribution in [3.63, 3.8) is 0 Å². The van der Waals surface area contributed by atoms with Crippen molar-refractivity contribution in [2.75, 3.05) is 0 Å². The Balaban J connectivity index is 0.000000386. The van der Waals surface area contributed by atoms with Crippen molar-refractivity contribution in [3.8, 4) is 0 Å². The first-order valence-electron chi connectivity index (χ1n) is 5.15. The van der Waals surface area contributed by atoms with E-state index in [0.717, 1.165) is 5.54 Å². The van der Waals surface area contributed by atoms with E-state index in [4.69, 9.17) is 17.0 Å². The first-order chi connectivity index (χ1) is 7.61. The Bertz CT molecular complexity index is 377. The van der Waals surface area contributed by atoms with E-state index < -0.39 is 20.8 Å². The van der Waals surface area contributed by atoms with Gasteiger partial charge in [0.05, 0.1) is 8.80 Å². The average Bonchev–Trinajstić information content (AvgIpc) is 2.54. The molecule has 0 saturated carbocycles. The third-order valence-corrected chi connectivity index (χ3v) is 4.64. The van der Waals surface area contributed by atoms with Gasteiger partial charge in [-0.25, -0.2) is 0 Å². The summed E-state index contributed by atoms with van der Waals surface area (Å²) >= 11 is -0.826. The number of rotatable bonds is 1. The summed E-state index contributed by atoms with van der Waals surface area (Å²) in [5.41, 5.74) is 5.30. The summed E-state index contributed by atoms with van der Waals surface area (Å²) in [5, 5.41) is 0. The number of allylic oxidation sites excluding steroid dienone is 1. The molecule has 0 saturated heterocycles. The van der Waals surface area contributed by atoms with Gasteiger partial charge in [-0.15, -0.1) is 0 Å². The van der Waals surface area contributed by atoms with Crippen molar-refractivity contribution in [1.29, 1.82) is 0 Å². The number of fused-ring (bicyclic) bond motifs is 1. The van der Waals surface area contributed by atoms with Crippen LogP contribution in [0.3, 0.4) is 0 Å². The maximum atomic E-state index is 4.93. The Morgan fingerprint density at radius 1 is 1.19 bits per heavy atom. The van der Waals surface area contributed by atoms with Crippen LogP contribution in [0.15, 0.2) is 29.8 Å². The van der Waals surface area contributed by atoms with Gasteiger partial charge in [-0.1, -0.05) is 49.0 Å². The number of benzene rings is 1. The summed E-state index contributed by atoms with van der Waals surface area (Å²) in [5.74, 6) is 0. The van der Waals surface area contributed by atoms with Crippen LogP contribution in [0.5, 0.6) is 0 Å². The Hall–Kier alpha value is 0.640. The fourth-order valence-corrected chi connectivity index (χ4v) is 4.12. The van der Waals surface area contributed by atoms with Gasteiger partial charge in [-0.2, -0.15) is 0 Å². The molecule has 0 bridgehead atoms. The summed E-state index contributed by atoms with van der Waals surface area (Å²) in [6.07, 6.45) is 2.34. The molecule has 1 aromatic carbocycles. The SMILES string of the molecule is CC1=Cc2ccccc2C1[Si](C)C.[Cl][Zr][Cl]. The normalized spacial score (nSPS) is 17.4. The molecule has 85 valence electrons. The molecule has 1 aliphatic carbocycles. The fourth-order valence-electron chi connectivity index (χ4n) is 2.25. The molecule has 0 spiro atoms. The zero-order chi connectivity index (χ0) is 12.1. The second kappa shape index (κ2) is 7.16. The zero-order valence-corrected chi connectivity index (χ0v) is 14.7. The van der Waals surface area contributed by atoms with Gasteiger partial charge in [-0.3, -0.25) is 0 Å². The molecule has 2 rings (SSSR count). The van der Waals surface area contributed by atoms with Gasteiger partial charge in [0.25, 0.3) is 0 Å². The molecule has 1 unspecified atom stereocenters. The minimum atomic E-state index is -0.826. The molecule has 0 fully saturated rings. The maximum absolute atomic E-state index is 4.93. The predicted octanol–water partition coefficient (Wildman–Crippen LogP) is 4.86. The van der Waals surface area contributed by atoms with E-state index in [-0.39, 0.29) is 8.80 Å². The van der Waals surface area contributed by atoms with Crippen LogP contribution >= 0.6 is 17.0 Å². The van der Waals surface area contributed by atoms with Crippen molar-refractivity contribution in [1.82, 2.24) is 0 Å². The predicted molar refractivity (Wildman–Crippen MR) is 72.0 cm³/mol. The van der Waals surface area contributed by atoms with Crippen molar-refractivity contribution in [3.05, 3.63) is 41.0 Å². The van der Waals surface area contributed by atoms with Crippen LogP contribution in [0.1, 0.15) is 23.6 Å². The molecule has 16 heavy (non-hydrogen) atoms. The first-order valence-corrected chi connectivity index (χ1v) is 14.1. The van der Waals surface area contributed by atoms with Crippen LogP contribution in [-0.4, -0.2) is 8.80 Å². The fraction of sp³-hybridized carbons (Fsp3) is 0.333. The van der Waals surface area contributed by atoms with E-state index in [1.807, 2.05) is 0 Å². The van der Waals surface area contributed by atoms with Crippen molar-refractivity contribution in [2.24, 2.45) is 0 Å². The van der Waals surface area contributed by atoms with Gasteiger partial charge in [-0.05, 0) is 23.6 Å². The molecule has 1 aromatic rings. The van der Waals surface area contributed by atoms with Gasteiger partial charge in [0.15, 0.2) is 0 Å². The topological polar surface area (TPSA) is 0 Å². The molecule has 0 aliphatic heterocycles. The van der Waals surface area contributed by atoms with Gasteiger partial charge in [0.1, 0.15) is 0 Å². The Labute approximate surface area is 118 Å². The molecule has 0 heterocycles. The van der Waals surface area contributed by atoms with E-state index in [1.54, 1.807) is 11.1 Å².